The third-order valence-electron chi connectivity index (χ3n) is 3.98. The third-order valence-corrected chi connectivity index (χ3v) is 3.98. The first-order chi connectivity index (χ1) is 6.95. The van der Waals surface area contributed by atoms with Gasteiger partial charge >= 0.3 is 0 Å². The summed E-state index contributed by atoms with van der Waals surface area (Å²) in [5.41, 5.74) is 0.367. The maximum Gasteiger partial charge on any atom is 0.00991 e. The molecule has 0 amide bonds. The van der Waals surface area contributed by atoms with Gasteiger partial charge in [0.2, 0.25) is 0 Å². The van der Waals surface area contributed by atoms with Crippen molar-refractivity contribution in [3.8, 4) is 0 Å². The summed E-state index contributed by atoms with van der Waals surface area (Å²) in [4.78, 5) is 2.64. The van der Waals surface area contributed by atoms with Crippen LogP contribution in [0.25, 0.3) is 0 Å². The summed E-state index contributed by atoms with van der Waals surface area (Å²) in [5.74, 6) is 0.888. The van der Waals surface area contributed by atoms with Gasteiger partial charge in [0.15, 0.2) is 0 Å². The highest BCUT2D eigenvalue weighted by atomic mass is 15.1. The summed E-state index contributed by atoms with van der Waals surface area (Å²) in [6.07, 6.45) is 2.80. The van der Waals surface area contributed by atoms with Crippen LogP contribution in [0.15, 0.2) is 0 Å². The molecule has 1 rings (SSSR count). The number of nitrogens with zero attached hydrogens (tertiary/aromatic N) is 1. The molecule has 1 aliphatic rings. The molecule has 1 fully saturated rings. The zero-order valence-corrected chi connectivity index (χ0v) is 11.1. The van der Waals surface area contributed by atoms with Gasteiger partial charge in [0.1, 0.15) is 0 Å². The molecule has 1 N–H and O–H groups in total. The minimum absolute atomic E-state index is 0.367. The summed E-state index contributed by atoms with van der Waals surface area (Å²) >= 11 is 0. The first kappa shape index (κ1) is 13.0. The van der Waals surface area contributed by atoms with E-state index in [9.17, 15) is 0 Å². The van der Waals surface area contributed by atoms with E-state index in [4.69, 9.17) is 0 Å². The van der Waals surface area contributed by atoms with Gasteiger partial charge in [-0.05, 0) is 44.7 Å². The third kappa shape index (κ3) is 3.76. The van der Waals surface area contributed by atoms with Gasteiger partial charge in [-0.3, -0.25) is 0 Å². The van der Waals surface area contributed by atoms with Crippen LogP contribution in [-0.4, -0.2) is 37.6 Å². The van der Waals surface area contributed by atoms with Crippen LogP contribution in [0.3, 0.4) is 0 Å². The summed E-state index contributed by atoms with van der Waals surface area (Å²) in [6.45, 7) is 13.2. The van der Waals surface area contributed by atoms with E-state index in [0.717, 1.165) is 5.92 Å². The highest BCUT2D eigenvalue weighted by Gasteiger charge is 2.28. The lowest BCUT2D eigenvalue weighted by Gasteiger charge is -2.40. The molecule has 2 heteroatoms. The molecule has 0 saturated carbocycles. The van der Waals surface area contributed by atoms with Crippen molar-refractivity contribution in [1.82, 2.24) is 10.2 Å². The quantitative estimate of drug-likeness (QED) is 0.769. The molecule has 1 heterocycles. The van der Waals surface area contributed by atoms with E-state index in [1.54, 1.807) is 0 Å². The molecule has 2 unspecified atom stereocenters. The second-order valence-corrected chi connectivity index (χ2v) is 5.98. The molecule has 0 bridgehead atoms. The second kappa shape index (κ2) is 5.31. The van der Waals surface area contributed by atoms with Crippen molar-refractivity contribution in [2.45, 2.75) is 46.6 Å². The van der Waals surface area contributed by atoms with Crippen LogP contribution in [0.2, 0.25) is 0 Å². The summed E-state index contributed by atoms with van der Waals surface area (Å²) < 4.78 is 0. The molecule has 2 atom stereocenters. The van der Waals surface area contributed by atoms with Crippen molar-refractivity contribution in [2.24, 2.45) is 11.3 Å². The van der Waals surface area contributed by atoms with Gasteiger partial charge in [-0.25, -0.2) is 0 Å². The Kier molecular flexibility index (Phi) is 4.60. The fraction of sp³-hybridized carbons (Fsp3) is 1.00. The van der Waals surface area contributed by atoms with E-state index < -0.39 is 0 Å². The molecule has 1 aliphatic heterocycles. The Balaban J connectivity index is 2.45. The van der Waals surface area contributed by atoms with Crippen LogP contribution in [0.4, 0.5) is 0 Å². The lowest BCUT2D eigenvalue weighted by molar-refractivity contribution is 0.107. The van der Waals surface area contributed by atoms with Gasteiger partial charge in [-0.15, -0.1) is 0 Å². The van der Waals surface area contributed by atoms with Gasteiger partial charge in [0.25, 0.3) is 0 Å². The largest absolute Gasteiger partial charge is 0.317 e. The van der Waals surface area contributed by atoms with Crippen molar-refractivity contribution in [3.63, 3.8) is 0 Å². The lowest BCUT2D eigenvalue weighted by Crippen LogP contribution is -2.48. The Morgan fingerprint density at radius 2 is 2.13 bits per heavy atom. The Morgan fingerprint density at radius 3 is 2.67 bits per heavy atom. The molecule has 1 saturated heterocycles. The molecule has 90 valence electrons. The van der Waals surface area contributed by atoms with Crippen LogP contribution < -0.4 is 5.32 Å². The number of hydrogen-bond acceptors (Lipinski definition) is 2. The summed E-state index contributed by atoms with van der Waals surface area (Å²) in [6, 6.07) is 0.578. The Bertz CT molecular complexity index is 189. The maximum absolute atomic E-state index is 3.38. The number of rotatable bonds is 4. The standard InChI is InChI=1S/C13H28N2/c1-11-7-6-8-15(9-11)10-13(3,4)12(2)14-5/h11-12,14H,6-10H2,1-5H3. The van der Waals surface area contributed by atoms with E-state index >= 15 is 0 Å². The fourth-order valence-corrected chi connectivity index (χ4v) is 2.53. The molecule has 0 aromatic carbocycles. The van der Waals surface area contributed by atoms with Crippen molar-refractivity contribution in [2.75, 3.05) is 26.7 Å². The average Bonchev–Trinajstić information content (AvgIpc) is 2.15. The number of nitrogens with one attached hydrogen (secondary N) is 1. The first-order valence-corrected chi connectivity index (χ1v) is 6.35. The molecular weight excluding hydrogens is 184 g/mol. The zero-order valence-electron chi connectivity index (χ0n) is 11.1. The average molecular weight is 212 g/mol. The Hall–Kier alpha value is -0.0800. The predicted octanol–water partition coefficient (Wildman–Crippen LogP) is 2.35. The molecule has 0 aromatic rings. The van der Waals surface area contributed by atoms with E-state index in [-0.39, 0.29) is 0 Å². The smallest absolute Gasteiger partial charge is 0.00991 e. The Morgan fingerprint density at radius 1 is 1.47 bits per heavy atom. The molecule has 0 spiro atoms. The summed E-state index contributed by atoms with van der Waals surface area (Å²) in [5, 5.41) is 3.38. The van der Waals surface area contributed by atoms with E-state index in [1.165, 1.54) is 32.5 Å². The molecule has 0 radical (unpaired) electrons. The van der Waals surface area contributed by atoms with E-state index in [1.807, 2.05) is 0 Å². The molecule has 15 heavy (non-hydrogen) atoms. The van der Waals surface area contributed by atoms with Crippen LogP contribution in [0.5, 0.6) is 0 Å². The molecular formula is C13H28N2. The van der Waals surface area contributed by atoms with Gasteiger partial charge in [-0.1, -0.05) is 20.8 Å². The van der Waals surface area contributed by atoms with Crippen LogP contribution in [-0.2, 0) is 0 Å². The highest BCUT2D eigenvalue weighted by molar-refractivity contribution is 4.84. The van der Waals surface area contributed by atoms with E-state index in [2.05, 4.69) is 45.0 Å². The normalized spacial score (nSPS) is 26.6. The van der Waals surface area contributed by atoms with Crippen LogP contribution in [0.1, 0.15) is 40.5 Å². The van der Waals surface area contributed by atoms with Crippen molar-refractivity contribution < 1.29 is 0 Å². The van der Waals surface area contributed by atoms with Crippen LogP contribution in [0, 0.1) is 11.3 Å². The van der Waals surface area contributed by atoms with Crippen molar-refractivity contribution in [3.05, 3.63) is 0 Å². The Labute approximate surface area is 95.4 Å². The topological polar surface area (TPSA) is 15.3 Å². The number of piperidine rings is 1. The minimum atomic E-state index is 0.367. The van der Waals surface area contributed by atoms with Gasteiger partial charge in [0, 0.05) is 19.1 Å². The zero-order chi connectivity index (χ0) is 11.5. The maximum atomic E-state index is 3.38. The van der Waals surface area contributed by atoms with Crippen molar-refractivity contribution >= 4 is 0 Å². The van der Waals surface area contributed by atoms with Gasteiger partial charge in [0.05, 0.1) is 0 Å². The predicted molar refractivity (Wildman–Crippen MR) is 67.1 cm³/mol. The molecule has 2 nitrogen and oxygen atoms in total. The fourth-order valence-electron chi connectivity index (χ4n) is 2.53. The molecule has 0 aromatic heterocycles. The number of hydrogen-bond donors (Lipinski definition) is 1. The second-order valence-electron chi connectivity index (χ2n) is 5.98. The monoisotopic (exact) mass is 212 g/mol. The SMILES string of the molecule is CNC(C)C(C)(C)CN1CCCC(C)C1. The van der Waals surface area contributed by atoms with Gasteiger partial charge in [-0.2, -0.15) is 0 Å². The minimum Gasteiger partial charge on any atom is -0.317 e. The number of likely N-dealkylation sites (tertiary alicyclic amines) is 1. The van der Waals surface area contributed by atoms with E-state index in [0.29, 0.717) is 11.5 Å². The first-order valence-electron chi connectivity index (χ1n) is 6.35. The highest BCUT2D eigenvalue weighted by Crippen LogP contribution is 2.25. The van der Waals surface area contributed by atoms with Crippen molar-refractivity contribution in [1.29, 1.82) is 0 Å². The lowest BCUT2D eigenvalue weighted by atomic mass is 9.84. The van der Waals surface area contributed by atoms with Crippen LogP contribution >= 0.6 is 0 Å². The molecule has 0 aliphatic carbocycles. The van der Waals surface area contributed by atoms with Gasteiger partial charge < -0.3 is 10.2 Å². The summed E-state index contributed by atoms with van der Waals surface area (Å²) in [7, 11) is 2.06.